The number of carbonyl (C=O) groups is 1. The Labute approximate surface area is 84.1 Å². The maximum atomic E-state index is 10.5. The zero-order chi connectivity index (χ0) is 9.84. The molecule has 0 heterocycles. The lowest BCUT2D eigenvalue weighted by Gasteiger charge is -2.13. The maximum Gasteiger partial charge on any atom is 0.320 e. The maximum absolute atomic E-state index is 10.5. The highest BCUT2D eigenvalue weighted by atomic mass is 79.9. The molecule has 0 bridgehead atoms. The molecular formula is C9H9BrO3. The van der Waals surface area contributed by atoms with Crippen LogP contribution in [0.5, 0.6) is 0 Å². The fourth-order valence-electron chi connectivity index (χ4n) is 0.954. The standard InChI is InChI=1S/C9H9BrO3/c10-7(9(12)13)8(11)6-4-2-1-3-5-6/h1-5,7-8,11H,(H,12,13)/t7-,8-/m1/s1. The van der Waals surface area contributed by atoms with Crippen LogP contribution in [0.1, 0.15) is 11.7 Å². The second-order valence-corrected chi connectivity index (χ2v) is 3.58. The normalized spacial score (nSPS) is 14.9. The fourth-order valence-corrected chi connectivity index (χ4v) is 1.26. The number of hydrogen-bond donors (Lipinski definition) is 2. The molecule has 70 valence electrons. The van der Waals surface area contributed by atoms with Crippen molar-refractivity contribution >= 4 is 21.9 Å². The van der Waals surface area contributed by atoms with Crippen LogP contribution in [-0.2, 0) is 4.79 Å². The van der Waals surface area contributed by atoms with E-state index in [2.05, 4.69) is 15.9 Å². The van der Waals surface area contributed by atoms with Crippen molar-refractivity contribution in [2.24, 2.45) is 0 Å². The highest BCUT2D eigenvalue weighted by Crippen LogP contribution is 2.21. The number of carboxylic acids is 1. The zero-order valence-corrected chi connectivity index (χ0v) is 8.31. The van der Waals surface area contributed by atoms with Gasteiger partial charge < -0.3 is 10.2 Å². The van der Waals surface area contributed by atoms with Crippen LogP contribution in [0.2, 0.25) is 0 Å². The number of rotatable bonds is 3. The summed E-state index contributed by atoms with van der Waals surface area (Å²) < 4.78 is 0. The van der Waals surface area contributed by atoms with E-state index in [-0.39, 0.29) is 0 Å². The molecule has 1 aromatic carbocycles. The average molecular weight is 245 g/mol. The number of hydrogen-bond acceptors (Lipinski definition) is 2. The Morgan fingerprint density at radius 3 is 2.31 bits per heavy atom. The summed E-state index contributed by atoms with van der Waals surface area (Å²) in [6, 6.07) is 8.67. The summed E-state index contributed by atoms with van der Waals surface area (Å²) >= 11 is 2.89. The summed E-state index contributed by atoms with van der Waals surface area (Å²) in [7, 11) is 0. The first-order valence-corrected chi connectivity index (χ1v) is 4.64. The molecule has 0 spiro atoms. The van der Waals surface area contributed by atoms with Crippen molar-refractivity contribution in [2.45, 2.75) is 10.9 Å². The predicted octanol–water partition coefficient (Wildman–Crippen LogP) is 1.57. The molecule has 2 N–H and O–H groups in total. The van der Waals surface area contributed by atoms with Crippen LogP contribution < -0.4 is 0 Å². The number of carboxylic acid groups (broad SMARTS) is 1. The van der Waals surface area contributed by atoms with Gasteiger partial charge >= 0.3 is 5.97 Å². The van der Waals surface area contributed by atoms with Crippen LogP contribution in [0.4, 0.5) is 0 Å². The Morgan fingerprint density at radius 2 is 1.85 bits per heavy atom. The van der Waals surface area contributed by atoms with Gasteiger partial charge in [-0.25, -0.2) is 0 Å². The van der Waals surface area contributed by atoms with Crippen molar-refractivity contribution in [3.8, 4) is 0 Å². The number of alkyl halides is 1. The molecule has 0 saturated heterocycles. The van der Waals surface area contributed by atoms with E-state index in [9.17, 15) is 9.90 Å². The fraction of sp³-hybridized carbons (Fsp3) is 0.222. The summed E-state index contributed by atoms with van der Waals surface area (Å²) in [5.41, 5.74) is 0.590. The molecular weight excluding hydrogens is 236 g/mol. The van der Waals surface area contributed by atoms with Gasteiger partial charge in [0.05, 0.1) is 0 Å². The molecule has 0 unspecified atom stereocenters. The molecule has 0 fully saturated rings. The van der Waals surface area contributed by atoms with Crippen LogP contribution in [-0.4, -0.2) is 21.0 Å². The summed E-state index contributed by atoms with van der Waals surface area (Å²) in [4.78, 5) is 9.54. The molecule has 3 nitrogen and oxygen atoms in total. The molecule has 0 radical (unpaired) electrons. The summed E-state index contributed by atoms with van der Waals surface area (Å²) in [5, 5.41) is 18.1. The molecule has 1 rings (SSSR count). The van der Waals surface area contributed by atoms with E-state index in [1.165, 1.54) is 0 Å². The smallest absolute Gasteiger partial charge is 0.320 e. The second kappa shape index (κ2) is 4.39. The third-order valence-electron chi connectivity index (χ3n) is 1.65. The third-order valence-corrected chi connectivity index (χ3v) is 2.55. The van der Waals surface area contributed by atoms with E-state index in [4.69, 9.17) is 5.11 Å². The number of benzene rings is 1. The van der Waals surface area contributed by atoms with Gasteiger partial charge in [-0.05, 0) is 5.56 Å². The summed E-state index contributed by atoms with van der Waals surface area (Å²) in [6.07, 6.45) is -1.02. The van der Waals surface area contributed by atoms with Gasteiger partial charge in [0.2, 0.25) is 0 Å². The van der Waals surface area contributed by atoms with E-state index in [0.717, 1.165) is 0 Å². The highest BCUT2D eigenvalue weighted by molar-refractivity contribution is 9.10. The molecule has 0 amide bonds. The van der Waals surface area contributed by atoms with Crippen molar-refractivity contribution in [1.29, 1.82) is 0 Å². The van der Waals surface area contributed by atoms with Gasteiger partial charge in [-0.1, -0.05) is 46.3 Å². The van der Waals surface area contributed by atoms with Crippen LogP contribution in [0.3, 0.4) is 0 Å². The van der Waals surface area contributed by atoms with Gasteiger partial charge in [-0.15, -0.1) is 0 Å². The van der Waals surface area contributed by atoms with Crippen molar-refractivity contribution in [2.75, 3.05) is 0 Å². The largest absolute Gasteiger partial charge is 0.480 e. The molecule has 0 aromatic heterocycles. The number of aliphatic hydroxyl groups is 1. The van der Waals surface area contributed by atoms with E-state index in [1.54, 1.807) is 30.3 Å². The Hall–Kier alpha value is -0.870. The van der Waals surface area contributed by atoms with E-state index in [0.29, 0.717) is 5.56 Å². The van der Waals surface area contributed by atoms with Crippen LogP contribution >= 0.6 is 15.9 Å². The molecule has 0 saturated carbocycles. The van der Waals surface area contributed by atoms with Gasteiger partial charge in [0.15, 0.2) is 0 Å². The van der Waals surface area contributed by atoms with Gasteiger partial charge in [0.1, 0.15) is 10.9 Å². The molecule has 1 aromatic rings. The lowest BCUT2D eigenvalue weighted by atomic mass is 10.1. The van der Waals surface area contributed by atoms with Gasteiger partial charge in [-0.3, -0.25) is 4.79 Å². The SMILES string of the molecule is O=C(O)[C@H](Br)[C@H](O)c1ccccc1. The Balaban J connectivity index is 2.79. The van der Waals surface area contributed by atoms with E-state index >= 15 is 0 Å². The molecule has 4 heteroatoms. The van der Waals surface area contributed by atoms with Crippen LogP contribution in [0.25, 0.3) is 0 Å². The van der Waals surface area contributed by atoms with Crippen LogP contribution in [0, 0.1) is 0 Å². The average Bonchev–Trinajstić information content (AvgIpc) is 2.17. The first kappa shape index (κ1) is 10.2. The lowest BCUT2D eigenvalue weighted by molar-refractivity contribution is -0.138. The second-order valence-electron chi connectivity index (χ2n) is 2.60. The van der Waals surface area contributed by atoms with Gasteiger partial charge in [0.25, 0.3) is 0 Å². The third kappa shape index (κ3) is 2.54. The highest BCUT2D eigenvalue weighted by Gasteiger charge is 2.24. The lowest BCUT2D eigenvalue weighted by Crippen LogP contribution is -2.21. The molecule has 0 aliphatic rings. The van der Waals surface area contributed by atoms with Crippen molar-refractivity contribution in [3.05, 3.63) is 35.9 Å². The zero-order valence-electron chi connectivity index (χ0n) is 6.72. The van der Waals surface area contributed by atoms with E-state index < -0.39 is 16.9 Å². The van der Waals surface area contributed by atoms with Crippen LogP contribution in [0.15, 0.2) is 30.3 Å². The number of aliphatic hydroxyl groups excluding tert-OH is 1. The van der Waals surface area contributed by atoms with Crippen molar-refractivity contribution in [1.82, 2.24) is 0 Å². The molecule has 2 atom stereocenters. The Morgan fingerprint density at radius 1 is 1.31 bits per heavy atom. The van der Waals surface area contributed by atoms with Gasteiger partial charge in [-0.2, -0.15) is 0 Å². The first-order chi connectivity index (χ1) is 6.13. The van der Waals surface area contributed by atoms with Crippen molar-refractivity contribution < 1.29 is 15.0 Å². The summed E-state index contributed by atoms with van der Waals surface area (Å²) in [6.45, 7) is 0. The Kier molecular flexibility index (Phi) is 3.45. The first-order valence-electron chi connectivity index (χ1n) is 3.73. The Bertz CT molecular complexity index is 286. The number of halogens is 1. The van der Waals surface area contributed by atoms with E-state index in [1.807, 2.05) is 0 Å². The minimum atomic E-state index is -1.07. The van der Waals surface area contributed by atoms with Crippen molar-refractivity contribution in [3.63, 3.8) is 0 Å². The number of aliphatic carboxylic acids is 1. The molecule has 13 heavy (non-hydrogen) atoms. The quantitative estimate of drug-likeness (QED) is 0.794. The molecule has 0 aliphatic carbocycles. The predicted molar refractivity (Wildman–Crippen MR) is 51.8 cm³/mol. The molecule has 0 aliphatic heterocycles. The summed E-state index contributed by atoms with van der Waals surface area (Å²) in [5.74, 6) is -1.07. The minimum Gasteiger partial charge on any atom is -0.480 e. The monoisotopic (exact) mass is 244 g/mol. The topological polar surface area (TPSA) is 57.5 Å². The minimum absolute atomic E-state index is 0.590. The van der Waals surface area contributed by atoms with Gasteiger partial charge in [0, 0.05) is 0 Å².